The van der Waals surface area contributed by atoms with E-state index < -0.39 is 17.7 Å². The molecule has 0 amide bonds. The molecule has 10 nitrogen and oxygen atoms in total. The summed E-state index contributed by atoms with van der Waals surface area (Å²) in [6.45, 7) is 5.49. The Labute approximate surface area is 236 Å². The van der Waals surface area contributed by atoms with Crippen molar-refractivity contribution in [3.8, 4) is 5.75 Å². The summed E-state index contributed by atoms with van der Waals surface area (Å²) in [5, 5.41) is 8.79. The van der Waals surface area contributed by atoms with E-state index in [0.717, 1.165) is 51.4 Å². The first-order chi connectivity index (χ1) is 19.2. The smallest absolute Gasteiger partial charge is 0.149 e. The Morgan fingerprint density at radius 1 is 1.25 bits per heavy atom. The van der Waals surface area contributed by atoms with E-state index in [9.17, 15) is 8.78 Å². The number of ether oxygens (including phenoxy) is 2. The van der Waals surface area contributed by atoms with Gasteiger partial charge in [-0.3, -0.25) is 19.8 Å². The van der Waals surface area contributed by atoms with Crippen LogP contribution in [0.5, 0.6) is 5.75 Å². The van der Waals surface area contributed by atoms with Gasteiger partial charge in [0.25, 0.3) is 0 Å². The zero-order chi connectivity index (χ0) is 28.4. The van der Waals surface area contributed by atoms with Crippen LogP contribution in [-0.4, -0.2) is 94.9 Å². The van der Waals surface area contributed by atoms with E-state index in [1.807, 2.05) is 6.92 Å². The standard InChI is InChI=1S/C27H33ClF2N8O2/c1-16(34-19-4-6-37(7-5-19)20-13-39-14-20)25(35-31)17-8-24(27-21(28)11-33-38(27)12-17)40-15-23(36(2)3)26-22(30)9-18(29)10-32-26/h8-12,19-20,23H,4-7,13-15,31H2,1-3H3/b34-16?,35-25+. The van der Waals surface area contributed by atoms with E-state index in [-0.39, 0.29) is 18.3 Å². The molecule has 13 heteroatoms. The second kappa shape index (κ2) is 12.1. The number of fused-ring (bicyclic) bond motifs is 1. The highest BCUT2D eigenvalue weighted by Gasteiger charge is 2.30. The number of nitrogens with two attached hydrogens (primary N) is 1. The molecule has 2 N–H and O–H groups in total. The molecule has 3 aromatic heterocycles. The molecular weight excluding hydrogens is 542 g/mol. The lowest BCUT2D eigenvalue weighted by atomic mass is 10.0. The average molecular weight is 575 g/mol. The molecule has 1 atom stereocenters. The molecule has 1 unspecified atom stereocenters. The largest absolute Gasteiger partial charge is 0.489 e. The Hall–Kier alpha value is -3.19. The number of halogens is 3. The van der Waals surface area contributed by atoms with Crippen LogP contribution in [0.1, 0.15) is 37.1 Å². The highest BCUT2D eigenvalue weighted by Crippen LogP contribution is 2.31. The van der Waals surface area contributed by atoms with E-state index in [0.29, 0.717) is 39.3 Å². The normalized spacial score (nSPS) is 18.9. The lowest BCUT2D eigenvalue weighted by Crippen LogP contribution is -2.52. The zero-order valence-electron chi connectivity index (χ0n) is 22.7. The van der Waals surface area contributed by atoms with Crippen LogP contribution in [0.25, 0.3) is 5.52 Å². The predicted molar refractivity (Wildman–Crippen MR) is 149 cm³/mol. The van der Waals surface area contributed by atoms with Gasteiger partial charge in [0.2, 0.25) is 0 Å². The summed E-state index contributed by atoms with van der Waals surface area (Å²) in [7, 11) is 3.53. The number of aromatic nitrogens is 3. The van der Waals surface area contributed by atoms with Crippen molar-refractivity contribution >= 4 is 28.5 Å². The van der Waals surface area contributed by atoms with Gasteiger partial charge in [0, 0.05) is 30.9 Å². The quantitative estimate of drug-likeness (QED) is 0.237. The molecule has 2 saturated heterocycles. The molecule has 214 valence electrons. The second-order valence-electron chi connectivity index (χ2n) is 10.3. The molecule has 0 radical (unpaired) electrons. The van der Waals surface area contributed by atoms with Gasteiger partial charge in [0.05, 0.1) is 60.2 Å². The van der Waals surface area contributed by atoms with Crippen LogP contribution in [0.4, 0.5) is 8.78 Å². The third-order valence-electron chi connectivity index (χ3n) is 7.46. The summed E-state index contributed by atoms with van der Waals surface area (Å²) >= 11 is 6.44. The van der Waals surface area contributed by atoms with Crippen LogP contribution in [0, 0.1) is 11.6 Å². The number of rotatable bonds is 9. The summed E-state index contributed by atoms with van der Waals surface area (Å²) in [6, 6.07) is 2.68. The van der Waals surface area contributed by atoms with Crippen molar-refractivity contribution in [3.63, 3.8) is 0 Å². The average Bonchev–Trinajstić information content (AvgIpc) is 3.26. The highest BCUT2D eigenvalue weighted by molar-refractivity contribution is 6.47. The number of aliphatic imine (C=N–C) groups is 1. The molecule has 0 aliphatic carbocycles. The monoisotopic (exact) mass is 574 g/mol. The first kappa shape index (κ1) is 28.3. The molecule has 2 aliphatic heterocycles. The molecular formula is C27H33ClF2N8O2. The van der Waals surface area contributed by atoms with Gasteiger partial charge in [-0.05, 0) is 39.9 Å². The van der Waals surface area contributed by atoms with E-state index in [1.54, 1.807) is 35.8 Å². The molecule has 0 bridgehead atoms. The van der Waals surface area contributed by atoms with Gasteiger partial charge in [0.15, 0.2) is 0 Å². The number of pyridine rings is 2. The van der Waals surface area contributed by atoms with Crippen molar-refractivity contribution in [1.82, 2.24) is 24.4 Å². The fourth-order valence-electron chi connectivity index (χ4n) is 5.13. The summed E-state index contributed by atoms with van der Waals surface area (Å²) < 4.78 is 41.1. The third kappa shape index (κ3) is 5.95. The van der Waals surface area contributed by atoms with Gasteiger partial charge in [-0.25, -0.2) is 13.3 Å². The number of likely N-dealkylation sites (N-methyl/N-ethyl adjacent to an activating group) is 1. The van der Waals surface area contributed by atoms with Crippen molar-refractivity contribution in [2.24, 2.45) is 15.9 Å². The number of hydrogen-bond acceptors (Lipinski definition) is 9. The van der Waals surface area contributed by atoms with Crippen LogP contribution < -0.4 is 10.6 Å². The maximum Gasteiger partial charge on any atom is 0.149 e. The van der Waals surface area contributed by atoms with Crippen molar-refractivity contribution in [2.45, 2.75) is 37.9 Å². The second-order valence-corrected chi connectivity index (χ2v) is 10.7. The van der Waals surface area contributed by atoms with Crippen LogP contribution in [0.2, 0.25) is 5.02 Å². The Morgan fingerprint density at radius 3 is 2.62 bits per heavy atom. The minimum atomic E-state index is -0.750. The molecule has 0 spiro atoms. The lowest BCUT2D eigenvalue weighted by molar-refractivity contribution is -0.0709. The maximum atomic E-state index is 14.6. The molecule has 40 heavy (non-hydrogen) atoms. The fraction of sp³-hybridized carbons (Fsp3) is 0.481. The van der Waals surface area contributed by atoms with Crippen LogP contribution >= 0.6 is 11.6 Å². The molecule has 2 aliphatic rings. The predicted octanol–water partition coefficient (Wildman–Crippen LogP) is 3.33. The molecule has 5 heterocycles. The SMILES string of the molecule is CC(=NC1CCN(C2COC2)CC1)/C(=N\N)c1cc(OCC(c2ncc(F)cc2F)N(C)C)c2c(Cl)cnn2c1. The van der Waals surface area contributed by atoms with Gasteiger partial charge in [-0.1, -0.05) is 11.6 Å². The minimum absolute atomic E-state index is 0.00988. The maximum absolute atomic E-state index is 14.6. The first-order valence-electron chi connectivity index (χ1n) is 13.2. The highest BCUT2D eigenvalue weighted by atomic mass is 35.5. The van der Waals surface area contributed by atoms with Gasteiger partial charge in [-0.2, -0.15) is 10.2 Å². The van der Waals surface area contributed by atoms with Gasteiger partial charge >= 0.3 is 0 Å². The van der Waals surface area contributed by atoms with Crippen molar-refractivity contribution in [2.75, 3.05) is 47.0 Å². The summed E-state index contributed by atoms with van der Waals surface area (Å²) in [4.78, 5) is 13.1. The Balaban J connectivity index is 1.38. The van der Waals surface area contributed by atoms with E-state index in [4.69, 9.17) is 31.9 Å². The Morgan fingerprint density at radius 2 is 2.00 bits per heavy atom. The van der Waals surface area contributed by atoms with Gasteiger partial charge in [0.1, 0.15) is 35.2 Å². The Kier molecular flexibility index (Phi) is 8.60. The lowest BCUT2D eigenvalue weighted by Gasteiger charge is -2.40. The van der Waals surface area contributed by atoms with Gasteiger partial charge < -0.3 is 15.3 Å². The number of likely N-dealkylation sites (tertiary alicyclic amines) is 1. The molecule has 5 rings (SSSR count). The first-order valence-corrected chi connectivity index (χ1v) is 13.5. The summed E-state index contributed by atoms with van der Waals surface area (Å²) in [5.41, 5.74) is 2.46. The van der Waals surface area contributed by atoms with Crippen LogP contribution in [0.15, 0.2) is 40.8 Å². The third-order valence-corrected chi connectivity index (χ3v) is 7.74. The van der Waals surface area contributed by atoms with Crippen LogP contribution in [0.3, 0.4) is 0 Å². The number of hydrogen-bond donors (Lipinski definition) is 1. The minimum Gasteiger partial charge on any atom is -0.489 e. The molecule has 3 aromatic rings. The summed E-state index contributed by atoms with van der Waals surface area (Å²) in [6.07, 6.45) is 6.17. The van der Waals surface area contributed by atoms with E-state index in [1.165, 1.54) is 6.20 Å². The number of nitrogens with zero attached hydrogens (tertiary/aromatic N) is 7. The molecule has 0 saturated carbocycles. The zero-order valence-corrected chi connectivity index (χ0v) is 23.5. The fourth-order valence-corrected chi connectivity index (χ4v) is 5.35. The van der Waals surface area contributed by atoms with Crippen molar-refractivity contribution in [3.05, 3.63) is 58.6 Å². The molecule has 2 fully saturated rings. The van der Waals surface area contributed by atoms with Gasteiger partial charge in [-0.15, -0.1) is 0 Å². The number of piperidine rings is 1. The topological polar surface area (TPSA) is 106 Å². The van der Waals surface area contributed by atoms with Crippen molar-refractivity contribution < 1.29 is 18.3 Å². The van der Waals surface area contributed by atoms with Crippen LogP contribution in [-0.2, 0) is 4.74 Å². The van der Waals surface area contributed by atoms with E-state index >= 15 is 0 Å². The van der Waals surface area contributed by atoms with E-state index in [2.05, 4.69) is 20.1 Å². The molecule has 0 aromatic carbocycles. The summed E-state index contributed by atoms with van der Waals surface area (Å²) in [5.74, 6) is 4.77. The Bertz CT molecular complexity index is 1420. The number of hydrazone groups is 1. The van der Waals surface area contributed by atoms with Crippen molar-refractivity contribution in [1.29, 1.82) is 0 Å².